The molecule has 0 aliphatic carbocycles. The van der Waals surface area contributed by atoms with E-state index in [2.05, 4.69) is 19.8 Å². The quantitative estimate of drug-likeness (QED) is 0.287. The van der Waals surface area contributed by atoms with Crippen molar-refractivity contribution in [2.24, 2.45) is 0 Å². The van der Waals surface area contributed by atoms with E-state index in [1.54, 1.807) is 0 Å². The molecular formula is C17H34BNO2. The van der Waals surface area contributed by atoms with Gasteiger partial charge in [-0.15, -0.1) is 0 Å². The average molecular weight is 295 g/mol. The molecule has 0 saturated carbocycles. The molecule has 0 unspecified atom stereocenters. The van der Waals surface area contributed by atoms with Crippen molar-refractivity contribution in [2.45, 2.75) is 90.9 Å². The molecule has 0 atom stereocenters. The molecule has 0 rings (SSSR count). The summed E-state index contributed by atoms with van der Waals surface area (Å²) in [6.45, 7) is 5.73. The van der Waals surface area contributed by atoms with Crippen molar-refractivity contribution in [3.63, 3.8) is 0 Å². The molecule has 0 saturated heterocycles. The lowest BCUT2D eigenvalue weighted by Crippen LogP contribution is -2.22. The zero-order valence-electron chi connectivity index (χ0n) is 14.2. The standard InChI is InChI=1S/C17H34BNO2/c1-3-5-7-9-11-13-15-20-18(17-19)21-16-14-12-10-8-6-4-2/h3-16H2,1-2H3. The summed E-state index contributed by atoms with van der Waals surface area (Å²) >= 11 is 0. The van der Waals surface area contributed by atoms with E-state index in [0.29, 0.717) is 13.2 Å². The van der Waals surface area contributed by atoms with Crippen LogP contribution in [0.4, 0.5) is 0 Å². The molecule has 3 nitrogen and oxygen atoms in total. The largest absolute Gasteiger partial charge is 0.578 e. The first-order valence-electron chi connectivity index (χ1n) is 8.98. The minimum absolute atomic E-state index is 0.640. The average Bonchev–Trinajstić information content (AvgIpc) is 2.51. The molecule has 122 valence electrons. The van der Waals surface area contributed by atoms with Crippen molar-refractivity contribution in [3.05, 3.63) is 0 Å². The van der Waals surface area contributed by atoms with Crippen molar-refractivity contribution in [3.8, 4) is 5.97 Å². The predicted molar refractivity (Wildman–Crippen MR) is 90.0 cm³/mol. The van der Waals surface area contributed by atoms with Crippen LogP contribution < -0.4 is 0 Å². The summed E-state index contributed by atoms with van der Waals surface area (Å²) in [5.74, 6) is 2.08. The molecule has 0 spiro atoms. The number of nitriles is 1. The van der Waals surface area contributed by atoms with Crippen LogP contribution in [0.5, 0.6) is 0 Å². The Hall–Kier alpha value is -0.525. The van der Waals surface area contributed by atoms with Crippen LogP contribution in [0.1, 0.15) is 90.9 Å². The van der Waals surface area contributed by atoms with Gasteiger partial charge in [-0.3, -0.25) is 0 Å². The fourth-order valence-corrected chi connectivity index (χ4v) is 2.27. The summed E-state index contributed by atoms with van der Waals surface area (Å²) in [6, 6.07) is 0. The molecule has 21 heavy (non-hydrogen) atoms. The molecule has 0 amide bonds. The maximum absolute atomic E-state index is 8.97. The summed E-state index contributed by atoms with van der Waals surface area (Å²) in [6.07, 6.45) is 14.8. The monoisotopic (exact) mass is 295 g/mol. The maximum atomic E-state index is 8.97. The SMILES string of the molecule is CCCCCCCCOB(C#N)OCCCCCCCC. The number of nitrogens with zero attached hydrogens (tertiary/aromatic N) is 1. The third-order valence-corrected chi connectivity index (χ3v) is 3.64. The molecule has 0 radical (unpaired) electrons. The third kappa shape index (κ3) is 15.7. The Morgan fingerprint density at radius 1 is 0.667 bits per heavy atom. The van der Waals surface area contributed by atoms with E-state index < -0.39 is 7.12 Å². The molecule has 4 heteroatoms. The lowest BCUT2D eigenvalue weighted by molar-refractivity contribution is 0.200. The van der Waals surface area contributed by atoms with Gasteiger partial charge in [0.05, 0.1) is 5.97 Å². The molecule has 0 aliphatic heterocycles. The summed E-state index contributed by atoms with van der Waals surface area (Å²) in [5.41, 5.74) is 0. The Labute approximate surface area is 132 Å². The fourth-order valence-electron chi connectivity index (χ4n) is 2.27. The van der Waals surface area contributed by atoms with E-state index in [9.17, 15) is 0 Å². The zero-order chi connectivity index (χ0) is 15.6. The van der Waals surface area contributed by atoms with Crippen LogP contribution in [0.15, 0.2) is 0 Å². The Morgan fingerprint density at radius 2 is 1.05 bits per heavy atom. The van der Waals surface area contributed by atoms with Crippen molar-refractivity contribution in [2.75, 3.05) is 13.2 Å². The highest BCUT2D eigenvalue weighted by atomic mass is 16.6. The number of rotatable bonds is 16. The Morgan fingerprint density at radius 3 is 1.43 bits per heavy atom. The molecule has 0 aromatic heterocycles. The second-order valence-electron chi connectivity index (χ2n) is 5.74. The first kappa shape index (κ1) is 20.5. The summed E-state index contributed by atoms with van der Waals surface area (Å²) in [7, 11) is -0.670. The van der Waals surface area contributed by atoms with Gasteiger partial charge in [0.15, 0.2) is 0 Å². The van der Waals surface area contributed by atoms with Crippen LogP contribution in [-0.4, -0.2) is 20.3 Å². The lowest BCUT2D eigenvalue weighted by Gasteiger charge is -2.08. The number of unbranched alkanes of at least 4 members (excludes halogenated alkanes) is 10. The maximum Gasteiger partial charge on any atom is 0.578 e. The topological polar surface area (TPSA) is 42.2 Å². The van der Waals surface area contributed by atoms with Crippen molar-refractivity contribution in [1.29, 1.82) is 5.26 Å². The van der Waals surface area contributed by atoms with Gasteiger partial charge in [-0.05, 0) is 12.8 Å². The van der Waals surface area contributed by atoms with Gasteiger partial charge in [0.1, 0.15) is 0 Å². The molecule has 0 N–H and O–H groups in total. The van der Waals surface area contributed by atoms with E-state index >= 15 is 0 Å². The molecule has 0 aromatic carbocycles. The lowest BCUT2D eigenvalue weighted by atomic mass is 9.93. The summed E-state index contributed by atoms with van der Waals surface area (Å²) in [5, 5.41) is 8.97. The molecular weight excluding hydrogens is 261 g/mol. The first-order valence-corrected chi connectivity index (χ1v) is 8.98. The molecule has 0 aliphatic rings. The van der Waals surface area contributed by atoms with Crippen molar-refractivity contribution < 1.29 is 9.31 Å². The van der Waals surface area contributed by atoms with E-state index in [1.165, 1.54) is 64.2 Å². The van der Waals surface area contributed by atoms with E-state index in [1.807, 2.05) is 0 Å². The number of hydrogen-bond acceptors (Lipinski definition) is 3. The second kappa shape index (κ2) is 17.5. The van der Waals surface area contributed by atoms with Crippen LogP contribution in [0, 0.1) is 11.2 Å². The van der Waals surface area contributed by atoms with Gasteiger partial charge >= 0.3 is 7.12 Å². The second-order valence-corrected chi connectivity index (χ2v) is 5.74. The van der Waals surface area contributed by atoms with Crippen molar-refractivity contribution in [1.82, 2.24) is 0 Å². The third-order valence-electron chi connectivity index (χ3n) is 3.64. The fraction of sp³-hybridized carbons (Fsp3) is 0.941. The highest BCUT2D eigenvalue weighted by Crippen LogP contribution is 2.07. The molecule has 0 heterocycles. The van der Waals surface area contributed by atoms with Crippen LogP contribution in [0.2, 0.25) is 0 Å². The Balaban J connectivity index is 3.32. The van der Waals surface area contributed by atoms with Crippen LogP contribution in [0.25, 0.3) is 0 Å². The summed E-state index contributed by atoms with van der Waals surface area (Å²) in [4.78, 5) is 0. The van der Waals surface area contributed by atoms with E-state index in [-0.39, 0.29) is 0 Å². The van der Waals surface area contributed by atoms with Gasteiger partial charge in [0.25, 0.3) is 0 Å². The van der Waals surface area contributed by atoms with Crippen LogP contribution in [-0.2, 0) is 9.31 Å². The van der Waals surface area contributed by atoms with Gasteiger partial charge in [-0.1, -0.05) is 78.1 Å². The first-order chi connectivity index (χ1) is 10.3. The minimum atomic E-state index is -0.670. The van der Waals surface area contributed by atoms with Gasteiger partial charge in [-0.25, -0.2) is 5.26 Å². The smallest absolute Gasteiger partial charge is 0.399 e. The van der Waals surface area contributed by atoms with Gasteiger partial charge in [0, 0.05) is 13.2 Å². The van der Waals surface area contributed by atoms with Crippen LogP contribution >= 0.6 is 0 Å². The number of hydrogen-bond donors (Lipinski definition) is 0. The molecule has 0 aromatic rings. The van der Waals surface area contributed by atoms with Gasteiger partial charge in [0.2, 0.25) is 0 Å². The van der Waals surface area contributed by atoms with Crippen LogP contribution in [0.3, 0.4) is 0 Å². The molecule has 0 bridgehead atoms. The van der Waals surface area contributed by atoms with Crippen molar-refractivity contribution >= 4 is 7.12 Å². The van der Waals surface area contributed by atoms with E-state index in [4.69, 9.17) is 14.6 Å². The van der Waals surface area contributed by atoms with Gasteiger partial charge < -0.3 is 9.31 Å². The zero-order valence-corrected chi connectivity index (χ0v) is 14.2. The van der Waals surface area contributed by atoms with Gasteiger partial charge in [-0.2, -0.15) is 0 Å². The predicted octanol–water partition coefficient (Wildman–Crippen LogP) is 5.29. The normalized spacial score (nSPS) is 10.5. The highest BCUT2D eigenvalue weighted by molar-refractivity contribution is 6.53. The van der Waals surface area contributed by atoms with E-state index in [0.717, 1.165) is 12.8 Å². The Bertz CT molecular complexity index is 225. The highest BCUT2D eigenvalue weighted by Gasteiger charge is 2.16. The Kier molecular flexibility index (Phi) is 17.1. The molecule has 0 fully saturated rings. The minimum Gasteiger partial charge on any atom is -0.399 e. The summed E-state index contributed by atoms with van der Waals surface area (Å²) < 4.78 is 10.9.